The molecule has 0 aromatic carbocycles. The summed E-state index contributed by atoms with van der Waals surface area (Å²) in [5, 5.41) is 10.8. The van der Waals surface area contributed by atoms with Crippen LogP contribution in [0.15, 0.2) is 23.1 Å². The number of hydrogen-bond acceptors (Lipinski definition) is 3. The summed E-state index contributed by atoms with van der Waals surface area (Å²) in [6.45, 7) is -0.223. The van der Waals surface area contributed by atoms with Crippen molar-refractivity contribution in [2.45, 2.75) is 6.54 Å². The lowest BCUT2D eigenvalue weighted by molar-refractivity contribution is -0.123. The minimum atomic E-state index is -0.524. The Morgan fingerprint density at radius 1 is 1.54 bits per heavy atom. The molecular weight excluding hydrogens is 172 g/mol. The molecule has 0 aliphatic carbocycles. The number of nitrogens with one attached hydrogen (secondary N) is 2. The zero-order valence-corrected chi connectivity index (χ0v) is 6.91. The number of amides is 1. The highest BCUT2D eigenvalue weighted by atomic mass is 16.3. The number of carbonyl (C=O) groups excluding carboxylic acids is 1. The molecule has 1 aromatic rings. The van der Waals surface area contributed by atoms with Crippen LogP contribution in [0.2, 0.25) is 0 Å². The molecule has 0 aliphatic rings. The number of H-pyrrole nitrogens is 1. The van der Waals surface area contributed by atoms with E-state index in [-0.39, 0.29) is 5.56 Å². The van der Waals surface area contributed by atoms with Crippen molar-refractivity contribution >= 4 is 5.91 Å². The Hall–Kier alpha value is -1.62. The molecule has 0 bridgehead atoms. The van der Waals surface area contributed by atoms with Crippen LogP contribution in [0.1, 0.15) is 5.56 Å². The molecule has 1 aromatic heterocycles. The van der Waals surface area contributed by atoms with Gasteiger partial charge in [0.2, 0.25) is 11.5 Å². The Bertz CT molecular complexity index is 325. The second-order valence-electron chi connectivity index (χ2n) is 2.50. The molecule has 0 unspecified atom stereocenters. The Balaban J connectivity index is 2.50. The van der Waals surface area contributed by atoms with Crippen molar-refractivity contribution in [2.24, 2.45) is 0 Å². The highest BCUT2D eigenvalue weighted by Gasteiger charge is 1.97. The van der Waals surface area contributed by atoms with Gasteiger partial charge in [0.25, 0.3) is 0 Å². The van der Waals surface area contributed by atoms with Crippen LogP contribution in [0.25, 0.3) is 0 Å². The molecule has 0 atom stereocenters. The lowest BCUT2D eigenvalue weighted by Gasteiger charge is -2.01. The SMILES string of the molecule is O=C(CO)NCc1ccc(=O)[nH]c1. The zero-order chi connectivity index (χ0) is 9.68. The van der Waals surface area contributed by atoms with Gasteiger partial charge in [-0.25, -0.2) is 0 Å². The number of aromatic amines is 1. The average molecular weight is 182 g/mol. The van der Waals surface area contributed by atoms with Crippen LogP contribution in [0.4, 0.5) is 0 Å². The van der Waals surface area contributed by atoms with E-state index in [1.165, 1.54) is 12.3 Å². The van der Waals surface area contributed by atoms with Crippen molar-refractivity contribution in [1.82, 2.24) is 10.3 Å². The molecule has 1 rings (SSSR count). The number of hydrogen-bond donors (Lipinski definition) is 3. The summed E-state index contributed by atoms with van der Waals surface area (Å²) in [4.78, 5) is 23.7. The molecule has 0 radical (unpaired) electrons. The summed E-state index contributed by atoms with van der Waals surface area (Å²) >= 11 is 0. The average Bonchev–Trinajstić information content (AvgIpc) is 2.16. The maximum Gasteiger partial charge on any atom is 0.247 e. The fraction of sp³-hybridized carbons (Fsp3) is 0.250. The highest BCUT2D eigenvalue weighted by Crippen LogP contribution is 1.91. The van der Waals surface area contributed by atoms with E-state index in [0.29, 0.717) is 6.54 Å². The van der Waals surface area contributed by atoms with Gasteiger partial charge >= 0.3 is 0 Å². The monoisotopic (exact) mass is 182 g/mol. The third kappa shape index (κ3) is 3.08. The van der Waals surface area contributed by atoms with Gasteiger partial charge in [0.15, 0.2) is 0 Å². The van der Waals surface area contributed by atoms with Crippen molar-refractivity contribution in [3.05, 3.63) is 34.2 Å². The third-order valence-corrected chi connectivity index (χ3v) is 1.48. The maximum absolute atomic E-state index is 10.6. The largest absolute Gasteiger partial charge is 0.387 e. The van der Waals surface area contributed by atoms with Crippen LogP contribution < -0.4 is 10.9 Å². The summed E-state index contributed by atoms with van der Waals surface area (Å²) in [6.07, 6.45) is 1.51. The Morgan fingerprint density at radius 3 is 2.85 bits per heavy atom. The lowest BCUT2D eigenvalue weighted by atomic mass is 10.3. The number of rotatable bonds is 3. The molecule has 70 valence electrons. The molecule has 3 N–H and O–H groups in total. The zero-order valence-electron chi connectivity index (χ0n) is 6.91. The molecule has 0 saturated heterocycles. The standard InChI is InChI=1S/C8H10N2O3/c11-5-8(13)10-4-6-1-2-7(12)9-3-6/h1-3,11H,4-5H2,(H,9,12)(H,10,13). The van der Waals surface area contributed by atoms with Crippen LogP contribution in [-0.4, -0.2) is 22.6 Å². The first kappa shape index (κ1) is 9.47. The van der Waals surface area contributed by atoms with Gasteiger partial charge in [0.05, 0.1) is 0 Å². The van der Waals surface area contributed by atoms with E-state index in [9.17, 15) is 9.59 Å². The fourth-order valence-corrected chi connectivity index (χ4v) is 0.809. The first-order valence-corrected chi connectivity index (χ1v) is 3.77. The summed E-state index contributed by atoms with van der Waals surface area (Å²) in [6, 6.07) is 2.98. The molecule has 0 aliphatic heterocycles. The number of pyridine rings is 1. The molecule has 1 heterocycles. The number of aromatic nitrogens is 1. The van der Waals surface area contributed by atoms with Crippen LogP contribution >= 0.6 is 0 Å². The van der Waals surface area contributed by atoms with E-state index in [1.807, 2.05) is 0 Å². The normalized spacial score (nSPS) is 9.62. The van der Waals surface area contributed by atoms with Gasteiger partial charge in [-0.2, -0.15) is 0 Å². The summed E-state index contributed by atoms with van der Waals surface area (Å²) in [7, 11) is 0. The molecule has 13 heavy (non-hydrogen) atoms. The van der Waals surface area contributed by atoms with E-state index in [0.717, 1.165) is 5.56 Å². The van der Waals surface area contributed by atoms with Crippen LogP contribution in [0.3, 0.4) is 0 Å². The van der Waals surface area contributed by atoms with Crippen molar-refractivity contribution in [2.75, 3.05) is 6.61 Å². The minimum absolute atomic E-state index is 0.183. The van der Waals surface area contributed by atoms with E-state index < -0.39 is 12.5 Å². The van der Waals surface area contributed by atoms with Crippen molar-refractivity contribution in [1.29, 1.82) is 0 Å². The van der Waals surface area contributed by atoms with E-state index in [1.54, 1.807) is 6.07 Å². The molecule has 0 spiro atoms. The lowest BCUT2D eigenvalue weighted by Crippen LogP contribution is -2.25. The van der Waals surface area contributed by atoms with Gasteiger partial charge in [-0.3, -0.25) is 9.59 Å². The van der Waals surface area contributed by atoms with Crippen molar-refractivity contribution in [3.63, 3.8) is 0 Å². The third-order valence-electron chi connectivity index (χ3n) is 1.48. The molecule has 1 amide bonds. The van der Waals surface area contributed by atoms with Gasteiger partial charge in [-0.05, 0) is 5.56 Å². The highest BCUT2D eigenvalue weighted by molar-refractivity contribution is 5.76. The van der Waals surface area contributed by atoms with Gasteiger partial charge in [-0.1, -0.05) is 6.07 Å². The second-order valence-corrected chi connectivity index (χ2v) is 2.50. The molecule has 0 fully saturated rings. The van der Waals surface area contributed by atoms with E-state index in [4.69, 9.17) is 5.11 Å². The summed E-state index contributed by atoms with van der Waals surface area (Å²) < 4.78 is 0. The molecule has 5 heteroatoms. The summed E-state index contributed by atoms with van der Waals surface area (Å²) in [5.41, 5.74) is 0.596. The predicted molar refractivity (Wildman–Crippen MR) is 46.0 cm³/mol. The van der Waals surface area contributed by atoms with Gasteiger partial charge in [-0.15, -0.1) is 0 Å². The first-order chi connectivity index (χ1) is 6.22. The number of carbonyl (C=O) groups is 1. The van der Waals surface area contributed by atoms with Crippen molar-refractivity contribution < 1.29 is 9.90 Å². The number of aliphatic hydroxyl groups is 1. The molecule has 5 nitrogen and oxygen atoms in total. The smallest absolute Gasteiger partial charge is 0.247 e. The van der Waals surface area contributed by atoms with E-state index in [2.05, 4.69) is 10.3 Å². The topological polar surface area (TPSA) is 82.2 Å². The van der Waals surface area contributed by atoms with Crippen LogP contribution in [0.5, 0.6) is 0 Å². The second kappa shape index (κ2) is 4.42. The quantitative estimate of drug-likeness (QED) is 0.559. The Kier molecular flexibility index (Phi) is 3.22. The van der Waals surface area contributed by atoms with Gasteiger partial charge < -0.3 is 15.4 Å². The maximum atomic E-state index is 10.6. The van der Waals surface area contributed by atoms with Crippen LogP contribution in [-0.2, 0) is 11.3 Å². The fourth-order valence-electron chi connectivity index (χ4n) is 0.809. The Morgan fingerprint density at radius 2 is 2.31 bits per heavy atom. The van der Waals surface area contributed by atoms with Gasteiger partial charge in [0, 0.05) is 18.8 Å². The Labute approximate surface area is 74.4 Å². The predicted octanol–water partition coefficient (Wildman–Crippen LogP) is -1.02. The first-order valence-electron chi connectivity index (χ1n) is 3.77. The summed E-state index contributed by atoms with van der Waals surface area (Å²) in [5.74, 6) is -0.439. The minimum Gasteiger partial charge on any atom is -0.387 e. The molecule has 0 saturated carbocycles. The number of aliphatic hydroxyl groups excluding tert-OH is 1. The van der Waals surface area contributed by atoms with Crippen LogP contribution in [0, 0.1) is 0 Å². The van der Waals surface area contributed by atoms with E-state index >= 15 is 0 Å². The molecular formula is C8H10N2O3. The van der Waals surface area contributed by atoms with Gasteiger partial charge in [0.1, 0.15) is 6.61 Å². The van der Waals surface area contributed by atoms with Crippen molar-refractivity contribution in [3.8, 4) is 0 Å².